The number of hydrogen-bond acceptors (Lipinski definition) is 3. The van der Waals surface area contributed by atoms with Crippen molar-refractivity contribution in [2.75, 3.05) is 0 Å². The lowest BCUT2D eigenvalue weighted by molar-refractivity contribution is -0.0519. The maximum Gasteiger partial charge on any atom is 0.248 e. The van der Waals surface area contributed by atoms with E-state index in [-0.39, 0.29) is 25.7 Å². The second kappa shape index (κ2) is 3.71. The minimum Gasteiger partial charge on any atom is -0.320 e. The number of alkyl halides is 2. The Morgan fingerprint density at radius 1 is 1.22 bits per heavy atom. The normalized spacial score (nSPS) is 22.2. The van der Waals surface area contributed by atoms with E-state index in [4.69, 9.17) is 5.73 Å². The number of aromatic nitrogens is 3. The molecule has 3 rings (SSSR count). The summed E-state index contributed by atoms with van der Waals surface area (Å²) >= 11 is 0. The molecule has 2 heterocycles. The Morgan fingerprint density at radius 3 is 2.61 bits per heavy atom. The van der Waals surface area contributed by atoms with Gasteiger partial charge in [-0.3, -0.25) is 0 Å². The Kier molecular flexibility index (Phi) is 2.38. The van der Waals surface area contributed by atoms with Crippen LogP contribution in [0.15, 0.2) is 24.5 Å². The van der Waals surface area contributed by atoms with Crippen LogP contribution >= 0.6 is 0 Å². The predicted octanol–water partition coefficient (Wildman–Crippen LogP) is 2.09. The molecule has 2 aromatic rings. The van der Waals surface area contributed by atoms with Gasteiger partial charge in [-0.1, -0.05) is 0 Å². The molecule has 2 aromatic heterocycles. The number of nitrogens with zero attached hydrogens (tertiary/aromatic N) is 3. The first-order chi connectivity index (χ1) is 8.49. The fourth-order valence-electron chi connectivity index (χ4n) is 2.39. The number of rotatable bonds is 1. The largest absolute Gasteiger partial charge is 0.320 e. The lowest BCUT2D eigenvalue weighted by atomic mass is 9.78. The van der Waals surface area contributed by atoms with E-state index in [0.717, 1.165) is 0 Å². The standard InChI is InChI=1S/C12H14F2N4/c13-12(14)4-2-11(15,3-5-12)9-8-10-16-6-1-7-18(10)17-9/h1,6-8H,2-5,15H2. The minimum atomic E-state index is -2.58. The summed E-state index contributed by atoms with van der Waals surface area (Å²) in [4.78, 5) is 4.15. The van der Waals surface area contributed by atoms with Crippen LogP contribution in [0.3, 0.4) is 0 Å². The second-order valence-electron chi connectivity index (χ2n) is 4.96. The molecule has 18 heavy (non-hydrogen) atoms. The quantitative estimate of drug-likeness (QED) is 0.845. The van der Waals surface area contributed by atoms with E-state index in [0.29, 0.717) is 11.3 Å². The van der Waals surface area contributed by atoms with Gasteiger partial charge in [0, 0.05) is 31.3 Å². The van der Waals surface area contributed by atoms with Crippen LogP contribution in [-0.2, 0) is 5.54 Å². The average molecular weight is 252 g/mol. The highest BCUT2D eigenvalue weighted by Crippen LogP contribution is 2.41. The highest BCUT2D eigenvalue weighted by Gasteiger charge is 2.43. The van der Waals surface area contributed by atoms with Gasteiger partial charge in [0.1, 0.15) is 0 Å². The van der Waals surface area contributed by atoms with Crippen LogP contribution in [0.5, 0.6) is 0 Å². The Labute approximate surface area is 103 Å². The molecular weight excluding hydrogens is 238 g/mol. The summed E-state index contributed by atoms with van der Waals surface area (Å²) in [5.41, 5.74) is 6.81. The van der Waals surface area contributed by atoms with Crippen molar-refractivity contribution >= 4 is 5.65 Å². The summed E-state index contributed by atoms with van der Waals surface area (Å²) in [6.07, 6.45) is 3.59. The van der Waals surface area contributed by atoms with Gasteiger partial charge < -0.3 is 5.73 Å². The van der Waals surface area contributed by atoms with Gasteiger partial charge in [-0.05, 0) is 18.9 Å². The summed E-state index contributed by atoms with van der Waals surface area (Å²) < 4.78 is 28.0. The Hall–Kier alpha value is -1.56. The molecule has 0 amide bonds. The van der Waals surface area contributed by atoms with E-state index in [1.54, 1.807) is 29.0 Å². The summed E-state index contributed by atoms with van der Waals surface area (Å²) in [6, 6.07) is 3.55. The van der Waals surface area contributed by atoms with Gasteiger partial charge in [0.15, 0.2) is 5.65 Å². The molecule has 0 unspecified atom stereocenters. The Balaban J connectivity index is 1.94. The van der Waals surface area contributed by atoms with Gasteiger partial charge in [0.2, 0.25) is 5.92 Å². The Bertz CT molecular complexity index is 535. The van der Waals surface area contributed by atoms with Gasteiger partial charge in [-0.25, -0.2) is 18.3 Å². The third kappa shape index (κ3) is 1.86. The number of halogens is 2. The molecule has 0 atom stereocenters. The van der Waals surface area contributed by atoms with Crippen molar-refractivity contribution in [2.45, 2.75) is 37.1 Å². The van der Waals surface area contributed by atoms with Crippen molar-refractivity contribution in [3.63, 3.8) is 0 Å². The molecule has 1 saturated carbocycles. The zero-order valence-electron chi connectivity index (χ0n) is 9.81. The summed E-state index contributed by atoms with van der Waals surface area (Å²) in [5.74, 6) is -2.58. The summed E-state index contributed by atoms with van der Waals surface area (Å²) in [5, 5.41) is 4.34. The molecule has 0 bridgehead atoms. The smallest absolute Gasteiger partial charge is 0.248 e. The number of hydrogen-bond donors (Lipinski definition) is 1. The Morgan fingerprint density at radius 2 is 1.94 bits per heavy atom. The molecule has 0 radical (unpaired) electrons. The first kappa shape index (κ1) is 11.5. The fourth-order valence-corrected chi connectivity index (χ4v) is 2.39. The van der Waals surface area contributed by atoms with E-state index in [1.165, 1.54) is 0 Å². The van der Waals surface area contributed by atoms with E-state index in [1.807, 2.05) is 0 Å². The van der Waals surface area contributed by atoms with Crippen molar-refractivity contribution in [1.29, 1.82) is 0 Å². The average Bonchev–Trinajstić information content (AvgIpc) is 2.78. The minimum absolute atomic E-state index is 0.176. The van der Waals surface area contributed by atoms with Crippen molar-refractivity contribution < 1.29 is 8.78 Å². The molecular formula is C12H14F2N4. The maximum absolute atomic E-state index is 13.2. The first-order valence-corrected chi connectivity index (χ1v) is 5.96. The van der Waals surface area contributed by atoms with Crippen LogP contribution in [0.4, 0.5) is 8.78 Å². The second-order valence-corrected chi connectivity index (χ2v) is 4.96. The van der Waals surface area contributed by atoms with Crippen molar-refractivity contribution in [1.82, 2.24) is 14.6 Å². The lowest BCUT2D eigenvalue weighted by Gasteiger charge is -2.35. The zero-order valence-corrected chi connectivity index (χ0v) is 9.81. The predicted molar refractivity (Wildman–Crippen MR) is 62.3 cm³/mol. The molecule has 1 fully saturated rings. The van der Waals surface area contributed by atoms with Crippen LogP contribution in [0.2, 0.25) is 0 Å². The lowest BCUT2D eigenvalue weighted by Crippen LogP contribution is -2.43. The molecule has 0 aromatic carbocycles. The first-order valence-electron chi connectivity index (χ1n) is 5.96. The van der Waals surface area contributed by atoms with Crippen molar-refractivity contribution in [3.8, 4) is 0 Å². The molecule has 2 N–H and O–H groups in total. The van der Waals surface area contributed by atoms with Crippen LogP contribution < -0.4 is 5.73 Å². The topological polar surface area (TPSA) is 56.2 Å². The monoisotopic (exact) mass is 252 g/mol. The fraction of sp³-hybridized carbons (Fsp3) is 0.500. The van der Waals surface area contributed by atoms with Gasteiger partial charge in [0.25, 0.3) is 0 Å². The van der Waals surface area contributed by atoms with Crippen LogP contribution in [0.25, 0.3) is 5.65 Å². The van der Waals surface area contributed by atoms with Gasteiger partial charge >= 0.3 is 0 Å². The van der Waals surface area contributed by atoms with E-state index >= 15 is 0 Å². The molecule has 1 aliphatic carbocycles. The third-order valence-electron chi connectivity index (χ3n) is 3.62. The van der Waals surface area contributed by atoms with E-state index < -0.39 is 11.5 Å². The summed E-state index contributed by atoms with van der Waals surface area (Å²) in [6.45, 7) is 0. The molecule has 1 aliphatic rings. The van der Waals surface area contributed by atoms with Gasteiger partial charge in [-0.15, -0.1) is 0 Å². The molecule has 4 nitrogen and oxygen atoms in total. The molecule has 6 heteroatoms. The van der Waals surface area contributed by atoms with Crippen molar-refractivity contribution in [3.05, 3.63) is 30.2 Å². The summed E-state index contributed by atoms with van der Waals surface area (Å²) in [7, 11) is 0. The highest BCUT2D eigenvalue weighted by molar-refractivity contribution is 5.40. The van der Waals surface area contributed by atoms with Crippen LogP contribution in [-0.4, -0.2) is 20.5 Å². The maximum atomic E-state index is 13.2. The highest BCUT2D eigenvalue weighted by atomic mass is 19.3. The van der Waals surface area contributed by atoms with Crippen LogP contribution in [0.1, 0.15) is 31.4 Å². The van der Waals surface area contributed by atoms with Crippen LogP contribution in [0, 0.1) is 0 Å². The number of fused-ring (bicyclic) bond motifs is 1. The molecule has 96 valence electrons. The van der Waals surface area contributed by atoms with Gasteiger partial charge in [0.05, 0.1) is 11.2 Å². The van der Waals surface area contributed by atoms with E-state index in [9.17, 15) is 8.78 Å². The zero-order chi connectivity index (χ0) is 12.8. The number of nitrogens with two attached hydrogens (primary N) is 1. The molecule has 0 spiro atoms. The van der Waals surface area contributed by atoms with Crippen molar-refractivity contribution in [2.24, 2.45) is 5.73 Å². The SMILES string of the molecule is NC1(c2cc3ncccn3n2)CCC(F)(F)CC1. The van der Waals surface area contributed by atoms with Gasteiger partial charge in [-0.2, -0.15) is 5.10 Å². The van der Waals surface area contributed by atoms with E-state index in [2.05, 4.69) is 10.1 Å². The molecule has 0 aliphatic heterocycles. The molecule has 0 saturated heterocycles. The third-order valence-corrected chi connectivity index (χ3v) is 3.62.